The molecule has 5 atom stereocenters. The lowest BCUT2D eigenvalue weighted by Gasteiger charge is -2.17. The second kappa shape index (κ2) is 22.8. The van der Waals surface area contributed by atoms with Crippen molar-refractivity contribution in [3.8, 4) is 0 Å². The van der Waals surface area contributed by atoms with Crippen molar-refractivity contribution < 1.29 is 0 Å². The molecule has 5 unspecified atom stereocenters. The molecule has 0 spiro atoms. The van der Waals surface area contributed by atoms with Crippen LogP contribution in [0.2, 0.25) is 0 Å². The molecule has 0 bridgehead atoms. The molecule has 234 valence electrons. The van der Waals surface area contributed by atoms with Crippen LogP contribution in [0.5, 0.6) is 0 Å². The molecule has 1 rings (SSSR count). The van der Waals surface area contributed by atoms with E-state index in [0.717, 1.165) is 35.5 Å². The van der Waals surface area contributed by atoms with Crippen LogP contribution < -0.4 is 0 Å². The van der Waals surface area contributed by atoms with E-state index in [1.165, 1.54) is 116 Å². The third-order valence-corrected chi connectivity index (χ3v) is 9.76. The maximum atomic E-state index is 2.53. The third kappa shape index (κ3) is 20.2. The van der Waals surface area contributed by atoms with Gasteiger partial charge in [-0.3, -0.25) is 0 Å². The highest BCUT2D eigenvalue weighted by atomic mass is 14.2. The van der Waals surface area contributed by atoms with Gasteiger partial charge >= 0.3 is 0 Å². The van der Waals surface area contributed by atoms with Crippen molar-refractivity contribution in [1.29, 1.82) is 0 Å². The highest BCUT2D eigenvalue weighted by molar-refractivity contribution is 5.26. The second-order valence-corrected chi connectivity index (χ2v) is 15.4. The van der Waals surface area contributed by atoms with Gasteiger partial charge in [0.1, 0.15) is 0 Å². The molecule has 0 fully saturated rings. The minimum Gasteiger partial charge on any atom is -0.0628 e. The molecular formula is C40H74. The molecule has 0 saturated heterocycles. The molecule has 0 heterocycles. The first-order valence-corrected chi connectivity index (χ1v) is 18.2. The Hall–Kier alpha value is -0.780. The van der Waals surface area contributed by atoms with Gasteiger partial charge < -0.3 is 0 Å². The highest BCUT2D eigenvalue weighted by Crippen LogP contribution is 2.27. The molecule has 0 aromatic heterocycles. The molecule has 1 aromatic rings. The first-order chi connectivity index (χ1) is 19.1. The van der Waals surface area contributed by atoms with Gasteiger partial charge in [0, 0.05) is 0 Å². The normalized spacial score (nSPS) is 15.9. The maximum absolute atomic E-state index is 2.53. The van der Waals surface area contributed by atoms with Gasteiger partial charge in [-0.25, -0.2) is 0 Å². The van der Waals surface area contributed by atoms with Crippen molar-refractivity contribution in [2.24, 2.45) is 35.5 Å². The van der Waals surface area contributed by atoms with E-state index in [4.69, 9.17) is 0 Å². The number of hydrogen-bond donors (Lipinski definition) is 0. The summed E-state index contributed by atoms with van der Waals surface area (Å²) in [6, 6.07) is 9.59. The Morgan fingerprint density at radius 2 is 0.800 bits per heavy atom. The van der Waals surface area contributed by atoms with E-state index >= 15 is 0 Å². The summed E-state index contributed by atoms with van der Waals surface area (Å²) in [5.74, 6) is 6.01. The zero-order chi connectivity index (χ0) is 29.8. The summed E-state index contributed by atoms with van der Waals surface area (Å²) < 4.78 is 0. The molecule has 0 aliphatic rings. The number of aryl methyl sites for hydroxylation is 1. The number of benzene rings is 1. The van der Waals surface area contributed by atoms with Crippen molar-refractivity contribution >= 4 is 0 Å². The Labute approximate surface area is 254 Å². The third-order valence-electron chi connectivity index (χ3n) is 9.76. The second-order valence-electron chi connectivity index (χ2n) is 15.4. The average molecular weight is 555 g/mol. The standard InChI is InChI=1S/C40H74/c1-32(2)17-10-19-34(5)21-12-23-36(7)25-14-27-38(9)40-30-16-29-39(31-40)28-15-26-37(8)24-13-22-35(6)20-11-18-33(3)4/h16,29-38H,10-15,17-28H2,1-9H3. The van der Waals surface area contributed by atoms with Gasteiger partial charge in [-0.1, -0.05) is 183 Å². The predicted molar refractivity (Wildman–Crippen MR) is 183 cm³/mol. The van der Waals surface area contributed by atoms with E-state index in [1.807, 2.05) is 0 Å². The Morgan fingerprint density at radius 3 is 1.23 bits per heavy atom. The quantitative estimate of drug-likeness (QED) is 0.113. The molecule has 0 saturated carbocycles. The van der Waals surface area contributed by atoms with E-state index in [2.05, 4.69) is 86.6 Å². The van der Waals surface area contributed by atoms with Crippen molar-refractivity contribution in [2.75, 3.05) is 0 Å². The molecule has 1 aromatic carbocycles. The van der Waals surface area contributed by atoms with Gasteiger partial charge in [-0.05, 0) is 71.8 Å². The fourth-order valence-corrected chi connectivity index (χ4v) is 6.60. The lowest BCUT2D eigenvalue weighted by Crippen LogP contribution is -2.02. The largest absolute Gasteiger partial charge is 0.0628 e. The Bertz CT molecular complexity index is 700. The van der Waals surface area contributed by atoms with E-state index in [0.29, 0.717) is 5.92 Å². The first kappa shape index (κ1) is 37.2. The molecule has 0 aliphatic carbocycles. The van der Waals surface area contributed by atoms with Gasteiger partial charge in [0.25, 0.3) is 0 Å². The molecule has 0 amide bonds. The van der Waals surface area contributed by atoms with Crippen LogP contribution in [0.3, 0.4) is 0 Å². The van der Waals surface area contributed by atoms with Gasteiger partial charge in [0.05, 0.1) is 0 Å². The molecule has 40 heavy (non-hydrogen) atoms. The molecule has 0 radical (unpaired) electrons. The van der Waals surface area contributed by atoms with Crippen molar-refractivity contribution in [3.63, 3.8) is 0 Å². The van der Waals surface area contributed by atoms with E-state index < -0.39 is 0 Å². The Morgan fingerprint density at radius 1 is 0.425 bits per heavy atom. The summed E-state index contributed by atoms with van der Waals surface area (Å²) in [6.07, 6.45) is 25.2. The minimum atomic E-state index is 0.689. The summed E-state index contributed by atoms with van der Waals surface area (Å²) in [5.41, 5.74) is 3.13. The highest BCUT2D eigenvalue weighted by Gasteiger charge is 2.11. The van der Waals surface area contributed by atoms with E-state index in [1.54, 1.807) is 11.1 Å². The number of hydrogen-bond acceptors (Lipinski definition) is 0. The molecule has 0 N–H and O–H groups in total. The van der Waals surface area contributed by atoms with Crippen LogP contribution in [0, 0.1) is 35.5 Å². The van der Waals surface area contributed by atoms with Gasteiger partial charge in [-0.15, -0.1) is 0 Å². The molecule has 0 nitrogen and oxygen atoms in total. The molecule has 0 heteroatoms. The van der Waals surface area contributed by atoms with Crippen LogP contribution in [-0.4, -0.2) is 0 Å². The van der Waals surface area contributed by atoms with Crippen LogP contribution in [0.15, 0.2) is 24.3 Å². The van der Waals surface area contributed by atoms with Crippen molar-refractivity contribution in [3.05, 3.63) is 35.4 Å². The van der Waals surface area contributed by atoms with E-state index in [-0.39, 0.29) is 0 Å². The fourth-order valence-electron chi connectivity index (χ4n) is 6.60. The van der Waals surface area contributed by atoms with Gasteiger partial charge in [0.15, 0.2) is 0 Å². The van der Waals surface area contributed by atoms with Gasteiger partial charge in [-0.2, -0.15) is 0 Å². The van der Waals surface area contributed by atoms with E-state index in [9.17, 15) is 0 Å². The number of rotatable bonds is 25. The minimum absolute atomic E-state index is 0.689. The average Bonchev–Trinajstić information content (AvgIpc) is 2.88. The lowest BCUT2D eigenvalue weighted by molar-refractivity contribution is 0.384. The SMILES string of the molecule is CC(C)CCCC(C)CCCC(C)CCCc1cccc(C(C)CCCC(C)CCCC(C)CCCC(C)C)c1. The maximum Gasteiger partial charge on any atom is -0.0190 e. The fraction of sp³-hybridized carbons (Fsp3) is 0.850. The van der Waals surface area contributed by atoms with Crippen LogP contribution in [0.1, 0.15) is 189 Å². The Kier molecular flexibility index (Phi) is 21.2. The zero-order valence-electron chi connectivity index (χ0n) is 29.1. The predicted octanol–water partition coefficient (Wildman–Crippen LogP) is 13.8. The van der Waals surface area contributed by atoms with Crippen LogP contribution in [0.4, 0.5) is 0 Å². The summed E-state index contributed by atoms with van der Waals surface area (Å²) in [7, 11) is 0. The molecule has 0 aliphatic heterocycles. The first-order valence-electron chi connectivity index (χ1n) is 18.2. The monoisotopic (exact) mass is 555 g/mol. The van der Waals surface area contributed by atoms with Crippen LogP contribution >= 0.6 is 0 Å². The summed E-state index contributed by atoms with van der Waals surface area (Å²) >= 11 is 0. The smallest absolute Gasteiger partial charge is 0.0190 e. The summed E-state index contributed by atoms with van der Waals surface area (Å²) in [5, 5.41) is 0. The molecular weight excluding hydrogens is 480 g/mol. The topological polar surface area (TPSA) is 0 Å². The van der Waals surface area contributed by atoms with Crippen molar-refractivity contribution in [2.45, 2.75) is 184 Å². The summed E-state index contributed by atoms with van der Waals surface area (Å²) in [6.45, 7) is 21.8. The zero-order valence-corrected chi connectivity index (χ0v) is 29.1. The van der Waals surface area contributed by atoms with Gasteiger partial charge in [0.2, 0.25) is 0 Å². The summed E-state index contributed by atoms with van der Waals surface area (Å²) in [4.78, 5) is 0. The van der Waals surface area contributed by atoms with Crippen LogP contribution in [-0.2, 0) is 6.42 Å². The van der Waals surface area contributed by atoms with Crippen LogP contribution in [0.25, 0.3) is 0 Å². The lowest BCUT2D eigenvalue weighted by atomic mass is 9.89. The van der Waals surface area contributed by atoms with Crippen molar-refractivity contribution in [1.82, 2.24) is 0 Å². The Balaban J connectivity index is 2.20.